The van der Waals surface area contributed by atoms with Crippen molar-refractivity contribution in [2.75, 3.05) is 17.4 Å². The van der Waals surface area contributed by atoms with Gasteiger partial charge in [0, 0.05) is 24.9 Å². The van der Waals surface area contributed by atoms with Crippen LogP contribution in [0.3, 0.4) is 0 Å². The molecular weight excluding hydrogens is 338 g/mol. The van der Waals surface area contributed by atoms with Gasteiger partial charge in [-0.25, -0.2) is 13.8 Å². The number of carbonyl (C=O) groups excluding carboxylic acids is 1. The smallest absolute Gasteiger partial charge is 0.153 e. The Balaban J connectivity index is 1.97. The lowest BCUT2D eigenvalue weighted by atomic mass is 10.0. The molecule has 0 fully saturated rings. The van der Waals surface area contributed by atoms with Gasteiger partial charge in [-0.3, -0.25) is 9.80 Å². The molecule has 0 aliphatic carbocycles. The summed E-state index contributed by atoms with van der Waals surface area (Å²) in [6.45, 7) is 3.57. The number of rotatable bonds is 5. The third-order valence-electron chi connectivity index (χ3n) is 4.26. The lowest BCUT2D eigenvalue weighted by Gasteiger charge is -2.26. The van der Waals surface area contributed by atoms with Gasteiger partial charge in [-0.05, 0) is 37.1 Å². The summed E-state index contributed by atoms with van der Waals surface area (Å²) in [6, 6.07) is 4.26. The van der Waals surface area contributed by atoms with Crippen molar-refractivity contribution in [2.45, 2.75) is 33.1 Å². The summed E-state index contributed by atoms with van der Waals surface area (Å²) in [7, 11) is 1.72. The summed E-state index contributed by atoms with van der Waals surface area (Å²) in [6.07, 6.45) is 2.89. The lowest BCUT2D eigenvalue weighted by Crippen LogP contribution is -2.23. The highest BCUT2D eigenvalue weighted by atomic mass is 19.1. The van der Waals surface area contributed by atoms with E-state index >= 15 is 0 Å². The molecule has 1 aliphatic rings. The second-order valence-electron chi connectivity index (χ2n) is 6.32. The molecule has 0 amide bonds. The van der Waals surface area contributed by atoms with Crippen LogP contribution in [0, 0.1) is 18.6 Å². The fourth-order valence-corrected chi connectivity index (χ4v) is 3.09. The van der Waals surface area contributed by atoms with Crippen LogP contribution in [0.5, 0.6) is 0 Å². The molecule has 0 unspecified atom stereocenters. The highest BCUT2D eigenvalue weighted by molar-refractivity contribution is 5.91. The van der Waals surface area contributed by atoms with E-state index in [9.17, 15) is 13.6 Å². The van der Waals surface area contributed by atoms with Crippen molar-refractivity contribution in [3.8, 4) is 0 Å². The van der Waals surface area contributed by atoms with Gasteiger partial charge in [0.25, 0.3) is 0 Å². The van der Waals surface area contributed by atoms with Gasteiger partial charge in [0.1, 0.15) is 11.6 Å². The molecule has 1 N–H and O–H groups in total. The lowest BCUT2D eigenvalue weighted by molar-refractivity contribution is 0.112. The molecule has 0 radical (unpaired) electrons. The van der Waals surface area contributed by atoms with Crippen LogP contribution in [0.4, 0.5) is 26.0 Å². The maximum absolute atomic E-state index is 14.6. The zero-order valence-corrected chi connectivity index (χ0v) is 14.9. The third-order valence-corrected chi connectivity index (χ3v) is 4.26. The minimum atomic E-state index is -0.559. The summed E-state index contributed by atoms with van der Waals surface area (Å²) in [5.74, 6) is -0.778. The van der Waals surface area contributed by atoms with Gasteiger partial charge >= 0.3 is 0 Å². The molecule has 3 rings (SSSR count). The summed E-state index contributed by atoms with van der Waals surface area (Å²) in [5.41, 5.74) is 2.93. The highest BCUT2D eigenvalue weighted by Crippen LogP contribution is 2.33. The molecule has 0 saturated carbocycles. The number of halogens is 2. The van der Waals surface area contributed by atoms with Crippen molar-refractivity contribution < 1.29 is 13.6 Å². The van der Waals surface area contributed by atoms with E-state index in [1.54, 1.807) is 12.1 Å². The summed E-state index contributed by atoms with van der Waals surface area (Å²) in [5, 5.41) is 8.92. The molecule has 0 saturated heterocycles. The van der Waals surface area contributed by atoms with Crippen LogP contribution in [0.2, 0.25) is 0 Å². The van der Waals surface area contributed by atoms with E-state index in [4.69, 9.17) is 0 Å². The zero-order chi connectivity index (χ0) is 18.8. The fraction of sp³-hybridized carbons (Fsp3) is 0.316. The first-order valence-corrected chi connectivity index (χ1v) is 8.44. The number of anilines is 3. The third kappa shape index (κ3) is 3.42. The maximum Gasteiger partial charge on any atom is 0.153 e. The van der Waals surface area contributed by atoms with Gasteiger partial charge in [-0.15, -0.1) is 0 Å². The average molecular weight is 358 g/mol. The van der Waals surface area contributed by atoms with E-state index in [1.165, 1.54) is 13.0 Å². The zero-order valence-electron chi connectivity index (χ0n) is 14.9. The number of aryl methyl sites for hydroxylation is 1. The first-order valence-electron chi connectivity index (χ1n) is 8.44. The Morgan fingerprint density at radius 1 is 1.27 bits per heavy atom. The number of aromatic nitrogens is 1. The van der Waals surface area contributed by atoms with E-state index in [0.717, 1.165) is 30.2 Å². The van der Waals surface area contributed by atoms with Crippen LogP contribution in [0.25, 0.3) is 0 Å². The number of pyridine rings is 1. The van der Waals surface area contributed by atoms with Crippen molar-refractivity contribution in [1.82, 2.24) is 4.98 Å². The molecule has 136 valence electrons. The molecular formula is C19H20F2N4O. The Kier molecular flexibility index (Phi) is 4.97. The number of fused-ring (bicyclic) bond motifs is 1. The van der Waals surface area contributed by atoms with Gasteiger partial charge in [0.2, 0.25) is 0 Å². The average Bonchev–Trinajstić information content (AvgIpc) is 2.57. The number of hydrogen-bond acceptors (Lipinski definition) is 5. The van der Waals surface area contributed by atoms with Crippen LogP contribution >= 0.6 is 0 Å². The van der Waals surface area contributed by atoms with E-state index in [0.29, 0.717) is 24.1 Å². The summed E-state index contributed by atoms with van der Waals surface area (Å²) < 4.78 is 28.2. The summed E-state index contributed by atoms with van der Waals surface area (Å²) in [4.78, 5) is 15.3. The van der Waals surface area contributed by atoms with E-state index in [-0.39, 0.29) is 17.1 Å². The quantitative estimate of drug-likeness (QED) is 0.806. The van der Waals surface area contributed by atoms with Gasteiger partial charge in [0.05, 0.1) is 16.9 Å². The number of hydrazone groups is 1. The molecule has 7 heteroatoms. The van der Waals surface area contributed by atoms with Crippen LogP contribution in [0.15, 0.2) is 23.3 Å². The van der Waals surface area contributed by atoms with Crippen LogP contribution < -0.4 is 10.3 Å². The Bertz CT molecular complexity index is 896. The Morgan fingerprint density at radius 2 is 2.04 bits per heavy atom. The molecule has 1 aliphatic heterocycles. The van der Waals surface area contributed by atoms with Crippen LogP contribution in [0.1, 0.15) is 41.4 Å². The number of hydrogen-bond donors (Lipinski definition) is 1. The summed E-state index contributed by atoms with van der Waals surface area (Å²) >= 11 is 0. The molecule has 1 aromatic heterocycles. The predicted molar refractivity (Wildman–Crippen MR) is 98.5 cm³/mol. The van der Waals surface area contributed by atoms with E-state index in [1.807, 2.05) is 6.07 Å². The molecule has 2 heterocycles. The molecule has 26 heavy (non-hydrogen) atoms. The highest BCUT2D eigenvalue weighted by Gasteiger charge is 2.21. The Morgan fingerprint density at radius 3 is 2.73 bits per heavy atom. The Hall–Kier alpha value is -2.83. The van der Waals surface area contributed by atoms with Crippen molar-refractivity contribution in [2.24, 2.45) is 5.10 Å². The number of carbonyl (C=O) groups is 1. The van der Waals surface area contributed by atoms with Crippen molar-refractivity contribution in [3.63, 3.8) is 0 Å². The van der Waals surface area contributed by atoms with Crippen LogP contribution in [-0.4, -0.2) is 24.0 Å². The molecule has 0 bridgehead atoms. The first kappa shape index (κ1) is 18.0. The largest absolute Gasteiger partial charge is 0.340 e. The van der Waals surface area contributed by atoms with Crippen molar-refractivity contribution in [3.05, 3.63) is 46.7 Å². The van der Waals surface area contributed by atoms with Crippen molar-refractivity contribution in [1.29, 1.82) is 0 Å². The Labute approximate surface area is 150 Å². The van der Waals surface area contributed by atoms with Crippen LogP contribution in [-0.2, 0) is 6.42 Å². The van der Waals surface area contributed by atoms with E-state index in [2.05, 4.69) is 22.3 Å². The minimum Gasteiger partial charge on any atom is -0.340 e. The van der Waals surface area contributed by atoms with Gasteiger partial charge in [-0.1, -0.05) is 13.3 Å². The molecule has 1 aromatic carbocycles. The molecule has 2 aromatic rings. The van der Waals surface area contributed by atoms with Crippen molar-refractivity contribution >= 4 is 29.2 Å². The number of aldehydes is 1. The molecule has 0 spiro atoms. The fourth-order valence-electron chi connectivity index (χ4n) is 3.09. The van der Waals surface area contributed by atoms with Gasteiger partial charge in [-0.2, -0.15) is 5.10 Å². The maximum atomic E-state index is 14.6. The molecule has 0 atom stereocenters. The number of nitrogens with one attached hydrogen (secondary N) is 1. The normalized spacial score (nSPS) is 13.3. The SMILES string of the molecule is CCCC1=NN(C)c2c(F)cc(Nc3nc(C)c(F)cc3C=O)cc2C1. The van der Waals surface area contributed by atoms with E-state index < -0.39 is 11.6 Å². The monoisotopic (exact) mass is 358 g/mol. The first-order chi connectivity index (χ1) is 12.4. The second kappa shape index (κ2) is 7.19. The second-order valence-corrected chi connectivity index (χ2v) is 6.32. The minimum absolute atomic E-state index is 0.0802. The number of nitrogens with zero attached hydrogens (tertiary/aromatic N) is 3. The van der Waals surface area contributed by atoms with Gasteiger partial charge < -0.3 is 5.32 Å². The predicted octanol–water partition coefficient (Wildman–Crippen LogP) is 4.37. The number of benzene rings is 1. The van der Waals surface area contributed by atoms with Gasteiger partial charge in [0.15, 0.2) is 12.1 Å². The standard InChI is InChI=1S/C19H20F2N4O/c1-4-5-14-6-12-7-15(9-17(21)18(12)25(3)24-14)23-19-13(10-26)8-16(20)11(2)22-19/h7-10H,4-6H2,1-3H3,(H,22,23). The molecule has 5 nitrogen and oxygen atoms in total. The topological polar surface area (TPSA) is 57.6 Å².